The predicted octanol–water partition coefficient (Wildman–Crippen LogP) is 2.81. The van der Waals surface area contributed by atoms with Crippen molar-refractivity contribution in [3.8, 4) is 0 Å². The second kappa shape index (κ2) is 8.25. The fourth-order valence-corrected chi connectivity index (χ4v) is 1.65. The molecular formula is C15H25NO2. The summed E-state index contributed by atoms with van der Waals surface area (Å²) in [4.78, 5) is 0. The standard InChI is InChI=1S/C15H25NO2/c1-4-17-13-18-12-15(2,3)11-16-10-14-8-6-5-7-9-14/h5-9,16H,4,10-13H2,1-3H3. The predicted molar refractivity (Wildman–Crippen MR) is 74.4 cm³/mol. The Bertz CT molecular complexity index is 312. The smallest absolute Gasteiger partial charge is 0.146 e. The summed E-state index contributed by atoms with van der Waals surface area (Å²) in [7, 11) is 0. The average Bonchev–Trinajstić information content (AvgIpc) is 2.36. The van der Waals surface area contributed by atoms with Gasteiger partial charge in [-0.3, -0.25) is 0 Å². The summed E-state index contributed by atoms with van der Waals surface area (Å²) >= 11 is 0. The lowest BCUT2D eigenvalue weighted by Crippen LogP contribution is -2.33. The Kier molecular flexibility index (Phi) is 6.94. The van der Waals surface area contributed by atoms with Crippen molar-refractivity contribution in [3.63, 3.8) is 0 Å². The molecule has 102 valence electrons. The van der Waals surface area contributed by atoms with Crippen molar-refractivity contribution in [2.24, 2.45) is 5.41 Å². The van der Waals surface area contributed by atoms with Crippen LogP contribution in [0.2, 0.25) is 0 Å². The highest BCUT2D eigenvalue weighted by molar-refractivity contribution is 5.14. The summed E-state index contributed by atoms with van der Waals surface area (Å²) in [5.41, 5.74) is 1.43. The van der Waals surface area contributed by atoms with Crippen LogP contribution in [0.1, 0.15) is 26.3 Å². The van der Waals surface area contributed by atoms with Gasteiger partial charge in [-0.15, -0.1) is 0 Å². The van der Waals surface area contributed by atoms with Crippen molar-refractivity contribution in [1.82, 2.24) is 5.32 Å². The van der Waals surface area contributed by atoms with E-state index < -0.39 is 0 Å². The first kappa shape index (κ1) is 15.2. The van der Waals surface area contributed by atoms with Gasteiger partial charge in [-0.05, 0) is 12.5 Å². The molecule has 18 heavy (non-hydrogen) atoms. The highest BCUT2D eigenvalue weighted by atomic mass is 16.7. The lowest BCUT2D eigenvalue weighted by atomic mass is 9.95. The molecule has 0 saturated carbocycles. The SMILES string of the molecule is CCOCOCC(C)(C)CNCc1ccccc1. The molecule has 0 amide bonds. The summed E-state index contributed by atoms with van der Waals surface area (Å²) in [6.07, 6.45) is 0. The first-order chi connectivity index (χ1) is 8.64. The van der Waals surface area contributed by atoms with Crippen molar-refractivity contribution in [3.05, 3.63) is 35.9 Å². The number of ether oxygens (including phenoxy) is 2. The van der Waals surface area contributed by atoms with Crippen LogP contribution < -0.4 is 5.32 Å². The monoisotopic (exact) mass is 251 g/mol. The molecule has 0 unspecified atom stereocenters. The van der Waals surface area contributed by atoms with Gasteiger partial charge < -0.3 is 14.8 Å². The minimum absolute atomic E-state index is 0.117. The number of hydrogen-bond acceptors (Lipinski definition) is 3. The largest absolute Gasteiger partial charge is 0.356 e. The number of rotatable bonds is 9. The van der Waals surface area contributed by atoms with E-state index in [1.807, 2.05) is 13.0 Å². The van der Waals surface area contributed by atoms with Gasteiger partial charge in [0, 0.05) is 25.1 Å². The zero-order valence-electron chi connectivity index (χ0n) is 11.7. The van der Waals surface area contributed by atoms with E-state index >= 15 is 0 Å². The summed E-state index contributed by atoms with van der Waals surface area (Å²) in [6, 6.07) is 10.4. The molecule has 0 heterocycles. The first-order valence-electron chi connectivity index (χ1n) is 6.54. The lowest BCUT2D eigenvalue weighted by Gasteiger charge is -2.24. The molecule has 0 spiro atoms. The highest BCUT2D eigenvalue weighted by Crippen LogP contribution is 2.14. The molecule has 1 N–H and O–H groups in total. The van der Waals surface area contributed by atoms with Crippen LogP contribution in [0.5, 0.6) is 0 Å². The van der Waals surface area contributed by atoms with E-state index in [2.05, 4.69) is 43.4 Å². The Morgan fingerprint density at radius 2 is 1.83 bits per heavy atom. The number of hydrogen-bond donors (Lipinski definition) is 1. The molecule has 1 rings (SSSR count). The van der Waals surface area contributed by atoms with E-state index in [0.29, 0.717) is 20.0 Å². The second-order valence-corrected chi connectivity index (χ2v) is 5.21. The molecule has 0 saturated heterocycles. The summed E-state index contributed by atoms with van der Waals surface area (Å²) in [5, 5.41) is 3.46. The third kappa shape index (κ3) is 6.74. The minimum Gasteiger partial charge on any atom is -0.356 e. The van der Waals surface area contributed by atoms with Gasteiger partial charge in [-0.1, -0.05) is 44.2 Å². The normalized spacial score (nSPS) is 11.7. The third-order valence-electron chi connectivity index (χ3n) is 2.64. The molecule has 3 nitrogen and oxygen atoms in total. The van der Waals surface area contributed by atoms with Crippen molar-refractivity contribution in [2.75, 3.05) is 26.6 Å². The van der Waals surface area contributed by atoms with E-state index in [9.17, 15) is 0 Å². The van der Waals surface area contributed by atoms with Gasteiger partial charge in [0.05, 0.1) is 6.61 Å². The van der Waals surface area contributed by atoms with Crippen LogP contribution >= 0.6 is 0 Å². The van der Waals surface area contributed by atoms with Crippen LogP contribution in [0, 0.1) is 5.41 Å². The molecule has 0 radical (unpaired) electrons. The first-order valence-corrected chi connectivity index (χ1v) is 6.54. The average molecular weight is 251 g/mol. The van der Waals surface area contributed by atoms with Crippen molar-refractivity contribution in [1.29, 1.82) is 0 Å². The Hall–Kier alpha value is -0.900. The van der Waals surface area contributed by atoms with E-state index in [1.165, 1.54) is 5.56 Å². The number of benzene rings is 1. The van der Waals surface area contributed by atoms with Crippen LogP contribution in [0.25, 0.3) is 0 Å². The molecule has 0 bridgehead atoms. The third-order valence-corrected chi connectivity index (χ3v) is 2.64. The van der Waals surface area contributed by atoms with Crippen LogP contribution in [0.4, 0.5) is 0 Å². The molecule has 3 heteroatoms. The minimum atomic E-state index is 0.117. The fourth-order valence-electron chi connectivity index (χ4n) is 1.65. The van der Waals surface area contributed by atoms with Crippen LogP contribution in [-0.4, -0.2) is 26.6 Å². The van der Waals surface area contributed by atoms with E-state index in [1.54, 1.807) is 0 Å². The van der Waals surface area contributed by atoms with Crippen LogP contribution in [-0.2, 0) is 16.0 Å². The molecule has 0 aromatic heterocycles. The zero-order chi connectivity index (χ0) is 13.3. The maximum Gasteiger partial charge on any atom is 0.146 e. The fraction of sp³-hybridized carbons (Fsp3) is 0.600. The van der Waals surface area contributed by atoms with Gasteiger partial charge in [0.2, 0.25) is 0 Å². The molecule has 1 aromatic rings. The maximum atomic E-state index is 5.48. The van der Waals surface area contributed by atoms with Crippen molar-refractivity contribution in [2.45, 2.75) is 27.3 Å². The van der Waals surface area contributed by atoms with Crippen molar-refractivity contribution < 1.29 is 9.47 Å². The van der Waals surface area contributed by atoms with Gasteiger partial charge in [-0.25, -0.2) is 0 Å². The van der Waals surface area contributed by atoms with E-state index in [-0.39, 0.29) is 5.41 Å². The Balaban J connectivity index is 2.16. The summed E-state index contributed by atoms with van der Waals surface area (Å²) in [6.45, 7) is 9.97. The molecule has 0 aliphatic carbocycles. The molecule has 0 aliphatic rings. The van der Waals surface area contributed by atoms with Gasteiger partial charge in [-0.2, -0.15) is 0 Å². The molecule has 0 fully saturated rings. The molecule has 0 atom stereocenters. The molecular weight excluding hydrogens is 226 g/mol. The number of nitrogens with one attached hydrogen (secondary N) is 1. The maximum absolute atomic E-state index is 5.48. The Labute approximate surface area is 110 Å². The molecule has 0 aliphatic heterocycles. The van der Waals surface area contributed by atoms with Gasteiger partial charge in [0.15, 0.2) is 0 Å². The van der Waals surface area contributed by atoms with Gasteiger partial charge in [0.25, 0.3) is 0 Å². The Morgan fingerprint density at radius 3 is 2.50 bits per heavy atom. The van der Waals surface area contributed by atoms with Gasteiger partial charge in [0.1, 0.15) is 6.79 Å². The lowest BCUT2D eigenvalue weighted by molar-refractivity contribution is -0.0727. The summed E-state index contributed by atoms with van der Waals surface area (Å²) < 4.78 is 10.6. The molecule has 1 aromatic carbocycles. The zero-order valence-corrected chi connectivity index (χ0v) is 11.7. The Morgan fingerprint density at radius 1 is 1.11 bits per heavy atom. The van der Waals surface area contributed by atoms with Crippen LogP contribution in [0.15, 0.2) is 30.3 Å². The highest BCUT2D eigenvalue weighted by Gasteiger charge is 2.17. The summed E-state index contributed by atoms with van der Waals surface area (Å²) in [5.74, 6) is 0. The van der Waals surface area contributed by atoms with E-state index in [0.717, 1.165) is 13.1 Å². The topological polar surface area (TPSA) is 30.5 Å². The van der Waals surface area contributed by atoms with Crippen LogP contribution in [0.3, 0.4) is 0 Å². The second-order valence-electron chi connectivity index (χ2n) is 5.21. The van der Waals surface area contributed by atoms with E-state index in [4.69, 9.17) is 9.47 Å². The van der Waals surface area contributed by atoms with Crippen molar-refractivity contribution >= 4 is 0 Å². The quantitative estimate of drug-likeness (QED) is 0.541. The van der Waals surface area contributed by atoms with Gasteiger partial charge >= 0.3 is 0 Å².